The molecule has 168 valence electrons. The van der Waals surface area contributed by atoms with E-state index >= 15 is 0 Å². The Morgan fingerprint density at radius 1 is 1.09 bits per heavy atom. The van der Waals surface area contributed by atoms with Crippen molar-refractivity contribution in [3.05, 3.63) is 99.3 Å². The Balaban J connectivity index is 1.72. The van der Waals surface area contributed by atoms with E-state index in [1.165, 1.54) is 24.3 Å². The van der Waals surface area contributed by atoms with Crippen molar-refractivity contribution in [3.8, 4) is 11.8 Å². The average Bonchev–Trinajstić information content (AvgIpc) is 2.76. The summed E-state index contributed by atoms with van der Waals surface area (Å²) in [6.07, 6.45) is -3.26. The predicted molar refractivity (Wildman–Crippen MR) is 119 cm³/mol. The molecule has 0 aliphatic rings. The van der Waals surface area contributed by atoms with Gasteiger partial charge in [-0.2, -0.15) is 18.4 Å². The molecular formula is C24H15BrF4N2O2. The maximum atomic E-state index is 13.3. The molecule has 0 heterocycles. The number of amides is 1. The number of nitrogens with zero attached hydrogens (tertiary/aromatic N) is 1. The Bertz CT molecular complexity index is 1250. The van der Waals surface area contributed by atoms with Gasteiger partial charge in [0.1, 0.15) is 29.8 Å². The van der Waals surface area contributed by atoms with Crippen LogP contribution >= 0.6 is 15.9 Å². The molecule has 33 heavy (non-hydrogen) atoms. The Morgan fingerprint density at radius 2 is 1.85 bits per heavy atom. The fraction of sp³-hybridized carbons (Fsp3) is 0.0833. The van der Waals surface area contributed by atoms with Crippen LogP contribution in [-0.2, 0) is 17.6 Å². The minimum atomic E-state index is -4.56. The topological polar surface area (TPSA) is 62.1 Å². The number of alkyl halides is 3. The number of carbonyl (C=O) groups is 1. The first-order valence-corrected chi connectivity index (χ1v) is 10.2. The molecule has 0 unspecified atom stereocenters. The minimum absolute atomic E-state index is 0.0850. The normalized spacial score (nSPS) is 11.6. The van der Waals surface area contributed by atoms with E-state index in [4.69, 9.17) is 4.74 Å². The Labute approximate surface area is 195 Å². The lowest BCUT2D eigenvalue weighted by molar-refractivity contribution is -0.137. The molecule has 0 aromatic heterocycles. The molecule has 3 aromatic carbocycles. The molecule has 9 heteroatoms. The van der Waals surface area contributed by atoms with E-state index in [1.807, 2.05) is 0 Å². The highest BCUT2D eigenvalue weighted by Crippen LogP contribution is 2.31. The second-order valence-corrected chi connectivity index (χ2v) is 7.67. The molecule has 3 rings (SSSR count). The highest BCUT2D eigenvalue weighted by atomic mass is 79.9. The highest BCUT2D eigenvalue weighted by molar-refractivity contribution is 9.10. The zero-order valence-corrected chi connectivity index (χ0v) is 18.4. The highest BCUT2D eigenvalue weighted by Gasteiger charge is 2.30. The molecule has 1 amide bonds. The summed E-state index contributed by atoms with van der Waals surface area (Å²) >= 11 is 3.35. The van der Waals surface area contributed by atoms with E-state index in [9.17, 15) is 27.6 Å². The molecule has 0 saturated heterocycles. The summed E-state index contributed by atoms with van der Waals surface area (Å²) in [6.45, 7) is 0.133. The fourth-order valence-corrected chi connectivity index (χ4v) is 3.31. The van der Waals surface area contributed by atoms with Crippen molar-refractivity contribution in [1.82, 2.24) is 0 Å². The first-order valence-electron chi connectivity index (χ1n) is 9.43. The van der Waals surface area contributed by atoms with Crippen molar-refractivity contribution in [3.63, 3.8) is 0 Å². The number of benzene rings is 3. The van der Waals surface area contributed by atoms with Crippen LogP contribution in [-0.4, -0.2) is 5.91 Å². The summed E-state index contributed by atoms with van der Waals surface area (Å²) in [5.41, 5.74) is -0.175. The van der Waals surface area contributed by atoms with Crippen LogP contribution in [0.5, 0.6) is 5.75 Å². The van der Waals surface area contributed by atoms with Crippen molar-refractivity contribution in [2.24, 2.45) is 0 Å². The van der Waals surface area contributed by atoms with Crippen LogP contribution in [0, 0.1) is 17.1 Å². The fourth-order valence-electron chi connectivity index (χ4n) is 2.80. The number of hydrogen-bond donors (Lipinski definition) is 1. The first-order chi connectivity index (χ1) is 15.7. The summed E-state index contributed by atoms with van der Waals surface area (Å²) in [5, 5.41) is 11.6. The second kappa shape index (κ2) is 10.3. The molecule has 0 spiro atoms. The molecule has 0 radical (unpaired) electrons. The van der Waals surface area contributed by atoms with Gasteiger partial charge in [-0.1, -0.05) is 24.3 Å². The second-order valence-electron chi connectivity index (χ2n) is 6.81. The maximum absolute atomic E-state index is 13.3. The smallest absolute Gasteiger partial charge is 0.416 e. The van der Waals surface area contributed by atoms with Gasteiger partial charge in [0.2, 0.25) is 0 Å². The van der Waals surface area contributed by atoms with E-state index in [-0.39, 0.29) is 23.7 Å². The summed E-state index contributed by atoms with van der Waals surface area (Å²) in [4.78, 5) is 12.4. The third-order valence-electron chi connectivity index (χ3n) is 4.36. The number of nitrogens with one attached hydrogen (secondary N) is 1. The van der Waals surface area contributed by atoms with Crippen LogP contribution in [0.4, 0.5) is 23.2 Å². The van der Waals surface area contributed by atoms with Gasteiger partial charge in [-0.3, -0.25) is 4.79 Å². The minimum Gasteiger partial charge on any atom is -0.488 e. The van der Waals surface area contributed by atoms with Gasteiger partial charge in [0.15, 0.2) is 0 Å². The Morgan fingerprint density at radius 3 is 2.52 bits per heavy atom. The zero-order valence-electron chi connectivity index (χ0n) is 16.8. The van der Waals surface area contributed by atoms with Crippen LogP contribution in [0.1, 0.15) is 16.7 Å². The number of hydrogen-bond acceptors (Lipinski definition) is 3. The Hall–Kier alpha value is -3.64. The monoisotopic (exact) mass is 518 g/mol. The van der Waals surface area contributed by atoms with Crippen LogP contribution in [0.3, 0.4) is 0 Å². The molecular weight excluding hydrogens is 504 g/mol. The molecule has 0 saturated carbocycles. The van der Waals surface area contributed by atoms with Gasteiger partial charge < -0.3 is 10.1 Å². The van der Waals surface area contributed by atoms with Crippen molar-refractivity contribution >= 4 is 33.6 Å². The van der Waals surface area contributed by atoms with Gasteiger partial charge in [0.25, 0.3) is 5.91 Å². The van der Waals surface area contributed by atoms with Crippen LogP contribution in [0.2, 0.25) is 0 Å². The van der Waals surface area contributed by atoms with E-state index in [2.05, 4.69) is 21.2 Å². The number of anilines is 1. The third-order valence-corrected chi connectivity index (χ3v) is 4.98. The summed E-state index contributed by atoms with van der Waals surface area (Å²) in [7, 11) is 0. The molecule has 1 N–H and O–H groups in total. The van der Waals surface area contributed by atoms with Gasteiger partial charge in [0.05, 0.1) is 10.0 Å². The molecule has 4 nitrogen and oxygen atoms in total. The number of halogens is 5. The first kappa shape index (κ1) is 24.0. The standard InChI is InChI=1S/C24H15BrF4N2O2/c25-21-11-15(7-8-22(21)33-14-16-3-1-5-19(26)10-16)9-17(13-30)23(32)31-20-6-2-4-18(12-20)24(27,28)29/h1-12H,14H2,(H,31,32)/b17-9+. The molecule has 0 aliphatic heterocycles. The van der Waals surface area contributed by atoms with Gasteiger partial charge >= 0.3 is 6.18 Å². The van der Waals surface area contributed by atoms with E-state index < -0.39 is 17.6 Å². The van der Waals surface area contributed by atoms with Crippen LogP contribution in [0.25, 0.3) is 6.08 Å². The summed E-state index contributed by atoms with van der Waals surface area (Å²) in [6, 6.07) is 16.7. The maximum Gasteiger partial charge on any atom is 0.416 e. The number of carbonyl (C=O) groups excluding carboxylic acids is 1. The lowest BCUT2D eigenvalue weighted by atomic mass is 10.1. The van der Waals surface area contributed by atoms with Crippen LogP contribution < -0.4 is 10.1 Å². The predicted octanol–water partition coefficient (Wildman–Crippen LogP) is 6.73. The van der Waals surface area contributed by atoms with Crippen LogP contribution in [0.15, 0.2) is 76.8 Å². The summed E-state index contributed by atoms with van der Waals surface area (Å²) in [5.74, 6) is -0.759. The number of rotatable bonds is 6. The van der Waals surface area contributed by atoms with Gasteiger partial charge in [-0.25, -0.2) is 4.39 Å². The average molecular weight is 519 g/mol. The third kappa shape index (κ3) is 6.67. The lowest BCUT2D eigenvalue weighted by Gasteiger charge is -2.10. The van der Waals surface area contributed by atoms with Crippen molar-refractivity contribution < 1.29 is 27.1 Å². The molecule has 0 aliphatic carbocycles. The quantitative estimate of drug-likeness (QED) is 0.223. The number of ether oxygens (including phenoxy) is 1. The van der Waals surface area contributed by atoms with Crippen molar-refractivity contribution in [2.75, 3.05) is 5.32 Å². The summed E-state index contributed by atoms with van der Waals surface area (Å²) < 4.78 is 58.0. The molecule has 0 atom stereocenters. The van der Waals surface area contributed by atoms with Gasteiger partial charge in [0, 0.05) is 5.69 Å². The van der Waals surface area contributed by atoms with E-state index in [0.29, 0.717) is 21.3 Å². The van der Waals surface area contributed by atoms with Gasteiger partial charge in [-0.05, 0) is 75.6 Å². The van der Waals surface area contributed by atoms with E-state index in [1.54, 1.807) is 36.4 Å². The van der Waals surface area contributed by atoms with Crippen molar-refractivity contribution in [1.29, 1.82) is 5.26 Å². The van der Waals surface area contributed by atoms with Gasteiger partial charge in [-0.15, -0.1) is 0 Å². The SMILES string of the molecule is N#C/C(=C\c1ccc(OCc2cccc(F)c2)c(Br)c1)C(=O)Nc1cccc(C(F)(F)F)c1. The van der Waals surface area contributed by atoms with Crippen molar-refractivity contribution in [2.45, 2.75) is 12.8 Å². The lowest BCUT2D eigenvalue weighted by Crippen LogP contribution is -2.14. The molecule has 3 aromatic rings. The zero-order chi connectivity index (χ0) is 24.0. The number of nitriles is 1. The molecule has 0 fully saturated rings. The van der Waals surface area contributed by atoms with E-state index in [0.717, 1.165) is 18.2 Å². The molecule has 0 bridgehead atoms. The largest absolute Gasteiger partial charge is 0.488 e. The Kier molecular flexibility index (Phi) is 7.51.